The van der Waals surface area contributed by atoms with E-state index in [1.54, 1.807) is 12.1 Å². The normalized spacial score (nSPS) is 11.9. The lowest BCUT2D eigenvalue weighted by Gasteiger charge is -2.15. The molecule has 0 saturated heterocycles. The fraction of sp³-hybridized carbons (Fsp3) is 0.188. The molecule has 1 N–H and O–H groups in total. The number of halogens is 1. The van der Waals surface area contributed by atoms with Crippen molar-refractivity contribution < 1.29 is 9.18 Å². The van der Waals surface area contributed by atoms with E-state index in [0.717, 1.165) is 5.56 Å². The second-order valence-corrected chi connectivity index (χ2v) is 4.37. The van der Waals surface area contributed by atoms with Gasteiger partial charge >= 0.3 is 0 Å². The Hall–Kier alpha value is -2.16. The van der Waals surface area contributed by atoms with Crippen molar-refractivity contribution in [2.75, 3.05) is 5.32 Å². The third-order valence-corrected chi connectivity index (χ3v) is 3.02. The summed E-state index contributed by atoms with van der Waals surface area (Å²) in [5.74, 6) is -0.686. The summed E-state index contributed by atoms with van der Waals surface area (Å²) in [6.45, 7) is 1.96. The SMILES string of the molecule is CCC(C(=O)Nc1cccc(F)c1)c1ccccc1. The smallest absolute Gasteiger partial charge is 0.231 e. The third-order valence-electron chi connectivity index (χ3n) is 3.02. The number of carbonyl (C=O) groups excluding carboxylic acids is 1. The Labute approximate surface area is 112 Å². The lowest BCUT2D eigenvalue weighted by molar-refractivity contribution is -0.117. The number of benzene rings is 2. The van der Waals surface area contributed by atoms with E-state index in [1.165, 1.54) is 12.1 Å². The second kappa shape index (κ2) is 6.14. The van der Waals surface area contributed by atoms with E-state index < -0.39 is 0 Å². The van der Waals surface area contributed by atoms with Crippen LogP contribution in [0, 0.1) is 5.82 Å². The van der Waals surface area contributed by atoms with Gasteiger partial charge in [0.15, 0.2) is 0 Å². The molecule has 0 heterocycles. The van der Waals surface area contributed by atoms with Crippen LogP contribution in [0.25, 0.3) is 0 Å². The maximum Gasteiger partial charge on any atom is 0.231 e. The van der Waals surface area contributed by atoms with Gasteiger partial charge in [-0.05, 0) is 30.2 Å². The van der Waals surface area contributed by atoms with E-state index in [1.807, 2.05) is 37.3 Å². The maximum absolute atomic E-state index is 13.1. The number of nitrogens with one attached hydrogen (secondary N) is 1. The third kappa shape index (κ3) is 3.41. The molecule has 0 aromatic heterocycles. The molecule has 2 nitrogen and oxygen atoms in total. The lowest BCUT2D eigenvalue weighted by Crippen LogP contribution is -2.20. The number of anilines is 1. The van der Waals surface area contributed by atoms with E-state index in [9.17, 15) is 9.18 Å². The monoisotopic (exact) mass is 257 g/mol. The molecule has 0 bridgehead atoms. The summed E-state index contributed by atoms with van der Waals surface area (Å²) in [6.07, 6.45) is 0.700. The summed E-state index contributed by atoms with van der Waals surface area (Å²) >= 11 is 0. The van der Waals surface area contributed by atoms with Gasteiger partial charge in [-0.1, -0.05) is 43.3 Å². The summed E-state index contributed by atoms with van der Waals surface area (Å²) in [7, 11) is 0. The van der Waals surface area contributed by atoms with Gasteiger partial charge in [0.25, 0.3) is 0 Å². The molecule has 1 amide bonds. The van der Waals surface area contributed by atoms with E-state index in [-0.39, 0.29) is 17.6 Å². The van der Waals surface area contributed by atoms with Gasteiger partial charge in [-0.3, -0.25) is 4.79 Å². The molecule has 1 unspecified atom stereocenters. The van der Waals surface area contributed by atoms with Crippen LogP contribution in [0.2, 0.25) is 0 Å². The molecule has 2 aromatic carbocycles. The molecule has 0 fully saturated rings. The zero-order chi connectivity index (χ0) is 13.7. The first-order valence-corrected chi connectivity index (χ1v) is 6.32. The first-order valence-electron chi connectivity index (χ1n) is 6.32. The van der Waals surface area contributed by atoms with E-state index in [2.05, 4.69) is 5.32 Å². The van der Waals surface area contributed by atoms with Crippen LogP contribution < -0.4 is 5.32 Å². The highest BCUT2D eigenvalue weighted by Crippen LogP contribution is 2.21. The van der Waals surface area contributed by atoms with Gasteiger partial charge in [-0.25, -0.2) is 4.39 Å². The Morgan fingerprint density at radius 3 is 2.53 bits per heavy atom. The lowest BCUT2D eigenvalue weighted by atomic mass is 9.95. The van der Waals surface area contributed by atoms with Gasteiger partial charge < -0.3 is 5.32 Å². The predicted octanol–water partition coefficient (Wildman–Crippen LogP) is 3.96. The Balaban J connectivity index is 2.14. The minimum Gasteiger partial charge on any atom is -0.325 e. The van der Waals surface area contributed by atoms with Crippen LogP contribution in [0.4, 0.5) is 10.1 Å². The van der Waals surface area contributed by atoms with Gasteiger partial charge in [-0.15, -0.1) is 0 Å². The van der Waals surface area contributed by atoms with E-state index in [4.69, 9.17) is 0 Å². The topological polar surface area (TPSA) is 29.1 Å². The number of carbonyl (C=O) groups is 1. The molecule has 2 rings (SSSR count). The van der Waals surface area contributed by atoms with Gasteiger partial charge in [-0.2, -0.15) is 0 Å². The van der Waals surface area contributed by atoms with Crippen LogP contribution in [0.5, 0.6) is 0 Å². The zero-order valence-corrected chi connectivity index (χ0v) is 10.8. The molecule has 0 saturated carbocycles. The molecule has 1 atom stereocenters. The molecule has 0 aliphatic carbocycles. The van der Waals surface area contributed by atoms with Crippen LogP contribution >= 0.6 is 0 Å². The molecule has 2 aromatic rings. The van der Waals surface area contributed by atoms with Crippen molar-refractivity contribution in [2.24, 2.45) is 0 Å². The fourth-order valence-electron chi connectivity index (χ4n) is 2.05. The molecule has 19 heavy (non-hydrogen) atoms. The number of rotatable bonds is 4. The van der Waals surface area contributed by atoms with Crippen LogP contribution in [0.1, 0.15) is 24.8 Å². The molecule has 0 aliphatic rings. The first kappa shape index (κ1) is 13.3. The van der Waals surface area contributed by atoms with Crippen molar-refractivity contribution in [3.63, 3.8) is 0 Å². The standard InChI is InChI=1S/C16H16FNO/c1-2-15(12-7-4-3-5-8-12)16(19)18-14-10-6-9-13(17)11-14/h3-11,15H,2H2,1H3,(H,18,19). The zero-order valence-electron chi connectivity index (χ0n) is 10.8. The fourth-order valence-corrected chi connectivity index (χ4v) is 2.05. The highest BCUT2D eigenvalue weighted by Gasteiger charge is 2.18. The van der Waals surface area contributed by atoms with Crippen molar-refractivity contribution in [1.82, 2.24) is 0 Å². The van der Waals surface area contributed by atoms with Crippen molar-refractivity contribution in [1.29, 1.82) is 0 Å². The quantitative estimate of drug-likeness (QED) is 0.882. The molecule has 0 spiro atoms. The number of hydrogen-bond acceptors (Lipinski definition) is 1. The minimum atomic E-state index is -0.356. The first-order chi connectivity index (χ1) is 9.20. The largest absolute Gasteiger partial charge is 0.325 e. The Kier molecular flexibility index (Phi) is 4.29. The summed E-state index contributed by atoms with van der Waals surface area (Å²) in [4.78, 5) is 12.2. The highest BCUT2D eigenvalue weighted by atomic mass is 19.1. The van der Waals surface area contributed by atoms with Gasteiger partial charge in [0, 0.05) is 5.69 Å². The number of amides is 1. The summed E-state index contributed by atoms with van der Waals surface area (Å²) < 4.78 is 13.1. The van der Waals surface area contributed by atoms with Gasteiger partial charge in [0.1, 0.15) is 5.82 Å². The molecule has 3 heteroatoms. The van der Waals surface area contributed by atoms with Crippen molar-refractivity contribution in [3.8, 4) is 0 Å². The summed E-state index contributed by atoms with van der Waals surface area (Å²) in [6, 6.07) is 15.5. The maximum atomic E-state index is 13.1. The Bertz CT molecular complexity index is 554. The molecular formula is C16H16FNO. The summed E-state index contributed by atoms with van der Waals surface area (Å²) in [5, 5.41) is 2.75. The van der Waals surface area contributed by atoms with Crippen LogP contribution in [0.3, 0.4) is 0 Å². The van der Waals surface area contributed by atoms with Gasteiger partial charge in [0.2, 0.25) is 5.91 Å². The molecular weight excluding hydrogens is 241 g/mol. The second-order valence-electron chi connectivity index (χ2n) is 4.37. The van der Waals surface area contributed by atoms with Crippen LogP contribution in [0.15, 0.2) is 54.6 Å². The average Bonchev–Trinajstić information content (AvgIpc) is 2.41. The minimum absolute atomic E-state index is 0.112. The van der Waals surface area contributed by atoms with Crippen molar-refractivity contribution in [3.05, 3.63) is 66.0 Å². The Morgan fingerprint density at radius 1 is 1.16 bits per heavy atom. The highest BCUT2D eigenvalue weighted by molar-refractivity contribution is 5.95. The van der Waals surface area contributed by atoms with Crippen molar-refractivity contribution in [2.45, 2.75) is 19.3 Å². The average molecular weight is 257 g/mol. The van der Waals surface area contributed by atoms with E-state index in [0.29, 0.717) is 12.1 Å². The van der Waals surface area contributed by atoms with Crippen LogP contribution in [-0.2, 0) is 4.79 Å². The summed E-state index contributed by atoms with van der Waals surface area (Å²) in [5.41, 5.74) is 1.46. The molecule has 0 radical (unpaired) electrons. The molecule has 0 aliphatic heterocycles. The Morgan fingerprint density at radius 2 is 1.89 bits per heavy atom. The van der Waals surface area contributed by atoms with Gasteiger partial charge in [0.05, 0.1) is 5.92 Å². The molecule has 98 valence electrons. The number of hydrogen-bond donors (Lipinski definition) is 1. The van der Waals surface area contributed by atoms with E-state index >= 15 is 0 Å². The van der Waals surface area contributed by atoms with Crippen molar-refractivity contribution >= 4 is 11.6 Å². The van der Waals surface area contributed by atoms with Crippen LogP contribution in [-0.4, -0.2) is 5.91 Å². The predicted molar refractivity (Wildman–Crippen MR) is 74.5 cm³/mol.